The molecular weight excluding hydrogens is 328 g/mol. The third kappa shape index (κ3) is 4.09. The number of benzene rings is 1. The van der Waals surface area contributed by atoms with Gasteiger partial charge in [-0.2, -0.15) is 13.2 Å². The number of carbonyl (C=O) groups excluding carboxylic acids is 1. The number of carbonyl (C=O) groups is 1. The van der Waals surface area contributed by atoms with Gasteiger partial charge in [-0.05, 0) is 24.6 Å². The molecule has 0 aliphatic carbocycles. The Hall–Kier alpha value is -1.84. The Bertz CT molecular complexity index is 688. The van der Waals surface area contributed by atoms with E-state index in [2.05, 4.69) is 5.32 Å². The van der Waals surface area contributed by atoms with Crippen molar-refractivity contribution in [2.24, 2.45) is 0 Å². The van der Waals surface area contributed by atoms with Gasteiger partial charge in [0.2, 0.25) is 0 Å². The molecule has 1 aliphatic heterocycles. The number of urea groups is 1. The normalized spacial score (nSPS) is 20.6. The lowest BCUT2D eigenvalue weighted by atomic mass is 10.2. The van der Waals surface area contributed by atoms with Gasteiger partial charge in [0, 0.05) is 6.04 Å². The Kier molecular flexibility index (Phi) is 4.32. The summed E-state index contributed by atoms with van der Waals surface area (Å²) in [5.74, 6) is -1.34. The molecule has 1 fully saturated rings. The van der Waals surface area contributed by atoms with Crippen molar-refractivity contribution in [1.82, 2.24) is 5.32 Å². The van der Waals surface area contributed by atoms with Gasteiger partial charge in [0.15, 0.2) is 9.84 Å². The second kappa shape index (κ2) is 5.75. The lowest BCUT2D eigenvalue weighted by Crippen LogP contribution is -2.38. The molecule has 22 heavy (non-hydrogen) atoms. The molecule has 0 radical (unpaired) electrons. The van der Waals surface area contributed by atoms with Crippen LogP contribution in [0.1, 0.15) is 12.0 Å². The third-order valence-corrected chi connectivity index (χ3v) is 4.88. The summed E-state index contributed by atoms with van der Waals surface area (Å²) in [4.78, 5) is 11.6. The predicted molar refractivity (Wildman–Crippen MR) is 70.6 cm³/mol. The Morgan fingerprint density at radius 3 is 2.50 bits per heavy atom. The Labute approximate surface area is 123 Å². The van der Waals surface area contributed by atoms with E-state index in [0.29, 0.717) is 18.2 Å². The number of hydrogen-bond donors (Lipinski definition) is 2. The number of halogens is 4. The van der Waals surface area contributed by atoms with E-state index in [4.69, 9.17) is 0 Å². The average molecular weight is 340 g/mol. The van der Waals surface area contributed by atoms with Gasteiger partial charge in [0.05, 0.1) is 22.8 Å². The second-order valence-corrected chi connectivity index (χ2v) is 7.12. The summed E-state index contributed by atoms with van der Waals surface area (Å²) in [6, 6.07) is 0.0277. The molecule has 1 aromatic carbocycles. The fourth-order valence-corrected chi connectivity index (χ4v) is 3.72. The molecule has 1 heterocycles. The highest BCUT2D eigenvalue weighted by Crippen LogP contribution is 2.31. The summed E-state index contributed by atoms with van der Waals surface area (Å²) in [6.07, 6.45) is -4.46. The molecule has 0 saturated carbocycles. The molecule has 1 atom stereocenters. The van der Waals surface area contributed by atoms with Crippen molar-refractivity contribution in [3.05, 3.63) is 29.6 Å². The number of hydrogen-bond acceptors (Lipinski definition) is 3. The van der Waals surface area contributed by atoms with E-state index in [1.54, 1.807) is 0 Å². The van der Waals surface area contributed by atoms with Crippen molar-refractivity contribution in [1.29, 1.82) is 0 Å². The fraction of sp³-hybridized carbons (Fsp3) is 0.417. The van der Waals surface area contributed by atoms with Crippen molar-refractivity contribution in [2.75, 3.05) is 16.8 Å². The van der Waals surface area contributed by atoms with E-state index >= 15 is 0 Å². The zero-order valence-corrected chi connectivity index (χ0v) is 11.9. The van der Waals surface area contributed by atoms with Crippen molar-refractivity contribution in [2.45, 2.75) is 18.6 Å². The first kappa shape index (κ1) is 16.5. The summed E-state index contributed by atoms with van der Waals surface area (Å²) < 4.78 is 73.5. The van der Waals surface area contributed by atoms with Gasteiger partial charge in [-0.15, -0.1) is 0 Å². The standard InChI is InChI=1S/C12H12F4N2O3S/c13-9-2-1-7(12(14,15)16)5-10(9)18-11(19)17-8-3-4-22(20,21)6-8/h1-2,5,8H,3-4,6H2,(H2,17,18,19)/t8-/m0/s1. The number of amides is 2. The van der Waals surface area contributed by atoms with Gasteiger partial charge in [-0.3, -0.25) is 0 Å². The SMILES string of the molecule is O=C(Nc1cc(C(F)(F)F)ccc1F)N[C@H]1CCS(=O)(=O)C1. The molecule has 0 unspecified atom stereocenters. The fourth-order valence-electron chi connectivity index (χ4n) is 2.05. The van der Waals surface area contributed by atoms with Gasteiger partial charge in [0.25, 0.3) is 0 Å². The number of rotatable bonds is 2. The summed E-state index contributed by atoms with van der Waals surface area (Å²) in [5, 5.41) is 4.25. The van der Waals surface area contributed by atoms with E-state index < -0.39 is 45.2 Å². The van der Waals surface area contributed by atoms with Crippen LogP contribution in [0.15, 0.2) is 18.2 Å². The third-order valence-electron chi connectivity index (χ3n) is 3.11. The van der Waals surface area contributed by atoms with E-state index in [1.165, 1.54) is 0 Å². The second-order valence-electron chi connectivity index (χ2n) is 4.89. The smallest absolute Gasteiger partial charge is 0.334 e. The summed E-state index contributed by atoms with van der Waals surface area (Å²) in [5.41, 5.74) is -1.74. The minimum atomic E-state index is -4.67. The maximum atomic E-state index is 13.4. The van der Waals surface area contributed by atoms with Crippen LogP contribution < -0.4 is 10.6 Å². The zero-order valence-electron chi connectivity index (χ0n) is 11.1. The quantitative estimate of drug-likeness (QED) is 0.810. The molecule has 5 nitrogen and oxygen atoms in total. The summed E-state index contributed by atoms with van der Waals surface area (Å²) in [7, 11) is -3.21. The first-order chi connectivity index (χ1) is 10.1. The maximum Gasteiger partial charge on any atom is 0.416 e. The van der Waals surface area contributed by atoms with Gasteiger partial charge in [-0.1, -0.05) is 0 Å². The Morgan fingerprint density at radius 1 is 1.27 bits per heavy atom. The molecule has 0 spiro atoms. The van der Waals surface area contributed by atoms with Crippen LogP contribution in [0.5, 0.6) is 0 Å². The molecule has 1 aliphatic rings. The first-order valence-corrected chi connectivity index (χ1v) is 8.04. The van der Waals surface area contributed by atoms with Gasteiger partial charge < -0.3 is 10.6 Å². The molecule has 2 amide bonds. The lowest BCUT2D eigenvalue weighted by Gasteiger charge is -2.14. The first-order valence-electron chi connectivity index (χ1n) is 6.21. The summed E-state index contributed by atoms with van der Waals surface area (Å²) >= 11 is 0. The molecule has 2 rings (SSSR count). The van der Waals surface area contributed by atoms with Crippen LogP contribution in [0.3, 0.4) is 0 Å². The minimum Gasteiger partial charge on any atom is -0.334 e. The molecule has 0 aromatic heterocycles. The highest BCUT2D eigenvalue weighted by atomic mass is 32.2. The maximum absolute atomic E-state index is 13.4. The lowest BCUT2D eigenvalue weighted by molar-refractivity contribution is -0.137. The van der Waals surface area contributed by atoms with Crippen LogP contribution in [-0.4, -0.2) is 32.0 Å². The van der Waals surface area contributed by atoms with Crippen molar-refractivity contribution in [3.8, 4) is 0 Å². The molecule has 0 bridgehead atoms. The highest BCUT2D eigenvalue weighted by Gasteiger charge is 2.32. The topological polar surface area (TPSA) is 75.3 Å². The van der Waals surface area contributed by atoms with E-state index in [1.807, 2.05) is 5.32 Å². The van der Waals surface area contributed by atoms with Crippen LogP contribution in [0.25, 0.3) is 0 Å². The molecular formula is C12H12F4N2O3S. The number of sulfone groups is 1. The van der Waals surface area contributed by atoms with Gasteiger partial charge in [0.1, 0.15) is 5.82 Å². The van der Waals surface area contributed by atoms with Crippen LogP contribution in [0, 0.1) is 5.82 Å². The van der Waals surface area contributed by atoms with E-state index in [0.717, 1.165) is 0 Å². The van der Waals surface area contributed by atoms with Crippen LogP contribution in [-0.2, 0) is 16.0 Å². The molecule has 1 saturated heterocycles. The highest BCUT2D eigenvalue weighted by molar-refractivity contribution is 7.91. The molecule has 122 valence electrons. The van der Waals surface area contributed by atoms with E-state index in [9.17, 15) is 30.8 Å². The monoisotopic (exact) mass is 340 g/mol. The Balaban J connectivity index is 2.05. The molecule has 2 N–H and O–H groups in total. The van der Waals surface area contributed by atoms with Crippen molar-refractivity contribution >= 4 is 21.6 Å². The minimum absolute atomic E-state index is 0.0735. The Morgan fingerprint density at radius 2 is 1.95 bits per heavy atom. The van der Waals surface area contributed by atoms with Gasteiger partial charge >= 0.3 is 12.2 Å². The number of alkyl halides is 3. The zero-order chi connectivity index (χ0) is 16.5. The predicted octanol–water partition coefficient (Wildman–Crippen LogP) is 2.15. The van der Waals surface area contributed by atoms with Crippen molar-refractivity contribution < 1.29 is 30.8 Å². The van der Waals surface area contributed by atoms with Crippen LogP contribution >= 0.6 is 0 Å². The van der Waals surface area contributed by atoms with Crippen LogP contribution in [0.2, 0.25) is 0 Å². The molecule has 1 aromatic rings. The van der Waals surface area contributed by atoms with Crippen molar-refractivity contribution in [3.63, 3.8) is 0 Å². The van der Waals surface area contributed by atoms with Gasteiger partial charge in [-0.25, -0.2) is 17.6 Å². The number of anilines is 1. The van der Waals surface area contributed by atoms with Crippen LogP contribution in [0.4, 0.5) is 28.0 Å². The largest absolute Gasteiger partial charge is 0.416 e. The average Bonchev–Trinajstić information content (AvgIpc) is 2.70. The van der Waals surface area contributed by atoms with E-state index in [-0.39, 0.29) is 17.9 Å². The number of nitrogens with one attached hydrogen (secondary N) is 2. The summed E-state index contributed by atoms with van der Waals surface area (Å²) in [6.45, 7) is 0. The molecule has 10 heteroatoms.